The van der Waals surface area contributed by atoms with E-state index in [0.29, 0.717) is 6.54 Å². The van der Waals surface area contributed by atoms with Crippen molar-refractivity contribution in [2.24, 2.45) is 5.92 Å². The van der Waals surface area contributed by atoms with E-state index in [4.69, 9.17) is 0 Å². The van der Waals surface area contributed by atoms with Crippen LogP contribution in [0.3, 0.4) is 0 Å². The van der Waals surface area contributed by atoms with Crippen molar-refractivity contribution >= 4 is 15.7 Å². The van der Waals surface area contributed by atoms with Gasteiger partial charge in [0.05, 0.1) is 18.0 Å². The predicted molar refractivity (Wildman–Crippen MR) is 76.5 cm³/mol. The second kappa shape index (κ2) is 6.70. The molecule has 112 valence electrons. The van der Waals surface area contributed by atoms with E-state index < -0.39 is 9.84 Å². The molecule has 5 nitrogen and oxygen atoms in total. The molecule has 1 fully saturated rings. The van der Waals surface area contributed by atoms with Crippen LogP contribution in [0, 0.1) is 5.92 Å². The highest BCUT2D eigenvalue weighted by atomic mass is 32.2. The Balaban J connectivity index is 2.74. The van der Waals surface area contributed by atoms with E-state index in [2.05, 4.69) is 5.32 Å². The molecule has 0 aromatic heterocycles. The molecular weight excluding hydrogens is 264 g/mol. The standard InChI is InChI=1S/C13H26N2O3S/c1-5-7-11-13(16)15(12(14-11)10(3)4)8-9-19(17,18)6-2/h10-12,14H,5-9H2,1-4H3. The maximum absolute atomic E-state index is 12.3. The van der Waals surface area contributed by atoms with Crippen molar-refractivity contribution in [3.63, 3.8) is 0 Å². The van der Waals surface area contributed by atoms with E-state index in [0.717, 1.165) is 12.8 Å². The van der Waals surface area contributed by atoms with Gasteiger partial charge in [-0.1, -0.05) is 34.1 Å². The Bertz CT molecular complexity index is 406. The second-order valence-electron chi connectivity index (χ2n) is 5.46. The van der Waals surface area contributed by atoms with Gasteiger partial charge in [0.2, 0.25) is 5.91 Å². The Kier molecular flexibility index (Phi) is 5.80. The van der Waals surface area contributed by atoms with Crippen LogP contribution < -0.4 is 5.32 Å². The van der Waals surface area contributed by atoms with Crippen molar-refractivity contribution in [3.05, 3.63) is 0 Å². The maximum Gasteiger partial charge on any atom is 0.241 e. The van der Waals surface area contributed by atoms with Gasteiger partial charge in [-0.25, -0.2) is 8.42 Å². The molecule has 2 unspecified atom stereocenters. The lowest BCUT2D eigenvalue weighted by Gasteiger charge is -2.27. The predicted octanol–water partition coefficient (Wildman–Crippen LogP) is 1.00. The van der Waals surface area contributed by atoms with Crippen molar-refractivity contribution in [1.82, 2.24) is 10.2 Å². The van der Waals surface area contributed by atoms with Crippen LogP contribution in [0.2, 0.25) is 0 Å². The summed E-state index contributed by atoms with van der Waals surface area (Å²) < 4.78 is 23.2. The lowest BCUT2D eigenvalue weighted by Crippen LogP contribution is -2.43. The van der Waals surface area contributed by atoms with E-state index in [1.807, 2.05) is 20.8 Å². The van der Waals surface area contributed by atoms with Gasteiger partial charge in [-0.05, 0) is 12.3 Å². The molecule has 1 N–H and O–H groups in total. The topological polar surface area (TPSA) is 66.5 Å². The number of rotatable bonds is 7. The van der Waals surface area contributed by atoms with Crippen molar-refractivity contribution < 1.29 is 13.2 Å². The zero-order valence-electron chi connectivity index (χ0n) is 12.3. The van der Waals surface area contributed by atoms with E-state index in [1.165, 1.54) is 0 Å². The summed E-state index contributed by atoms with van der Waals surface area (Å²) in [7, 11) is -3.03. The van der Waals surface area contributed by atoms with Crippen LogP contribution in [-0.4, -0.2) is 49.5 Å². The average Bonchev–Trinajstić information content (AvgIpc) is 2.65. The molecule has 0 saturated carbocycles. The fourth-order valence-electron chi connectivity index (χ4n) is 2.38. The molecule has 0 radical (unpaired) electrons. The molecule has 1 saturated heterocycles. The third-order valence-electron chi connectivity index (χ3n) is 3.58. The van der Waals surface area contributed by atoms with Crippen LogP contribution in [0.5, 0.6) is 0 Å². The highest BCUT2D eigenvalue weighted by Gasteiger charge is 2.39. The van der Waals surface area contributed by atoms with Crippen molar-refractivity contribution in [3.8, 4) is 0 Å². The molecule has 0 spiro atoms. The van der Waals surface area contributed by atoms with Gasteiger partial charge in [0.25, 0.3) is 0 Å². The first kappa shape index (κ1) is 16.4. The number of sulfone groups is 1. The van der Waals surface area contributed by atoms with Crippen LogP contribution in [0.25, 0.3) is 0 Å². The third-order valence-corrected chi connectivity index (χ3v) is 5.26. The number of nitrogens with one attached hydrogen (secondary N) is 1. The quantitative estimate of drug-likeness (QED) is 0.760. The van der Waals surface area contributed by atoms with Crippen molar-refractivity contribution in [1.29, 1.82) is 0 Å². The zero-order valence-corrected chi connectivity index (χ0v) is 13.2. The van der Waals surface area contributed by atoms with Crippen LogP contribution in [0.15, 0.2) is 0 Å². The summed E-state index contributed by atoms with van der Waals surface area (Å²) in [6, 6.07) is -0.151. The molecule has 1 aliphatic heterocycles. The van der Waals surface area contributed by atoms with Gasteiger partial charge in [0.1, 0.15) is 0 Å². The molecule has 0 aromatic carbocycles. The molecular formula is C13H26N2O3S. The molecule has 6 heteroatoms. The minimum Gasteiger partial charge on any atom is -0.325 e. The number of hydrogen-bond donors (Lipinski definition) is 1. The first-order valence-corrected chi connectivity index (χ1v) is 8.91. The Morgan fingerprint density at radius 2 is 1.95 bits per heavy atom. The lowest BCUT2D eigenvalue weighted by atomic mass is 10.1. The van der Waals surface area contributed by atoms with Crippen molar-refractivity contribution in [2.75, 3.05) is 18.1 Å². The lowest BCUT2D eigenvalue weighted by molar-refractivity contribution is -0.130. The van der Waals surface area contributed by atoms with Gasteiger partial charge in [0, 0.05) is 12.3 Å². The molecule has 0 aromatic rings. The first-order valence-electron chi connectivity index (χ1n) is 7.09. The summed E-state index contributed by atoms with van der Waals surface area (Å²) in [5.41, 5.74) is 0. The van der Waals surface area contributed by atoms with Gasteiger partial charge in [0.15, 0.2) is 9.84 Å². The monoisotopic (exact) mass is 290 g/mol. The van der Waals surface area contributed by atoms with E-state index in [-0.39, 0.29) is 35.5 Å². The Labute approximate surface area is 116 Å². The van der Waals surface area contributed by atoms with Gasteiger partial charge >= 0.3 is 0 Å². The third kappa shape index (κ3) is 4.18. The summed E-state index contributed by atoms with van der Waals surface area (Å²) in [5, 5.41) is 3.33. The molecule has 1 rings (SSSR count). The van der Waals surface area contributed by atoms with Crippen LogP contribution in [-0.2, 0) is 14.6 Å². The normalized spacial score (nSPS) is 24.5. The molecule has 2 atom stereocenters. The summed E-state index contributed by atoms with van der Waals surface area (Å²) >= 11 is 0. The van der Waals surface area contributed by atoms with E-state index >= 15 is 0 Å². The van der Waals surface area contributed by atoms with Crippen LogP contribution >= 0.6 is 0 Å². The maximum atomic E-state index is 12.3. The highest BCUT2D eigenvalue weighted by molar-refractivity contribution is 7.91. The smallest absolute Gasteiger partial charge is 0.241 e. The molecule has 1 amide bonds. The van der Waals surface area contributed by atoms with Crippen molar-refractivity contribution in [2.45, 2.75) is 52.7 Å². The summed E-state index contributed by atoms with van der Waals surface area (Å²) in [4.78, 5) is 14.0. The minimum absolute atomic E-state index is 0.0453. The largest absolute Gasteiger partial charge is 0.325 e. The van der Waals surface area contributed by atoms with E-state index in [1.54, 1.807) is 11.8 Å². The molecule has 1 heterocycles. The van der Waals surface area contributed by atoms with Crippen LogP contribution in [0.4, 0.5) is 0 Å². The first-order chi connectivity index (χ1) is 8.82. The number of carbonyl (C=O) groups is 1. The SMILES string of the molecule is CCCC1NC(C(C)C)N(CCS(=O)(=O)CC)C1=O. The molecule has 0 bridgehead atoms. The van der Waals surface area contributed by atoms with Gasteiger partial charge in [-0.15, -0.1) is 0 Å². The van der Waals surface area contributed by atoms with Gasteiger partial charge in [-0.3, -0.25) is 10.1 Å². The fraction of sp³-hybridized carbons (Fsp3) is 0.923. The van der Waals surface area contributed by atoms with Gasteiger partial charge in [-0.2, -0.15) is 0 Å². The van der Waals surface area contributed by atoms with Crippen LogP contribution in [0.1, 0.15) is 40.5 Å². The Morgan fingerprint density at radius 3 is 2.42 bits per heavy atom. The molecule has 1 aliphatic rings. The molecule has 19 heavy (non-hydrogen) atoms. The summed E-state index contributed by atoms with van der Waals surface area (Å²) in [5.74, 6) is 0.508. The zero-order chi connectivity index (χ0) is 14.6. The highest BCUT2D eigenvalue weighted by Crippen LogP contribution is 2.20. The van der Waals surface area contributed by atoms with E-state index in [9.17, 15) is 13.2 Å². The summed E-state index contributed by atoms with van der Waals surface area (Å²) in [6.07, 6.45) is 1.70. The number of amides is 1. The van der Waals surface area contributed by atoms with Gasteiger partial charge < -0.3 is 4.90 Å². The average molecular weight is 290 g/mol. The Hall–Kier alpha value is -0.620. The number of carbonyl (C=O) groups excluding carboxylic acids is 1. The fourth-order valence-corrected chi connectivity index (χ4v) is 3.15. The molecule has 0 aliphatic carbocycles. The number of hydrogen-bond acceptors (Lipinski definition) is 4. The summed E-state index contributed by atoms with van der Waals surface area (Å²) in [6.45, 7) is 8.06. The second-order valence-corrected chi connectivity index (χ2v) is 7.94. The minimum atomic E-state index is -3.03. The Morgan fingerprint density at radius 1 is 1.32 bits per heavy atom. The number of nitrogens with zero attached hydrogens (tertiary/aromatic N) is 1.